The van der Waals surface area contributed by atoms with Crippen molar-refractivity contribution in [3.63, 3.8) is 0 Å². The zero-order valence-corrected chi connectivity index (χ0v) is 13.1. The van der Waals surface area contributed by atoms with E-state index in [1.807, 2.05) is 11.8 Å². The second-order valence-corrected chi connectivity index (χ2v) is 6.65. The summed E-state index contributed by atoms with van der Waals surface area (Å²) in [4.78, 5) is 10.7. The van der Waals surface area contributed by atoms with E-state index in [4.69, 9.17) is 10.5 Å². The number of rotatable bonds is 1. The van der Waals surface area contributed by atoms with Gasteiger partial charge in [0.15, 0.2) is 0 Å². The highest BCUT2D eigenvalue weighted by Gasteiger charge is 2.52. The highest BCUT2D eigenvalue weighted by Crippen LogP contribution is 2.40. The van der Waals surface area contributed by atoms with Crippen LogP contribution < -0.4 is 10.6 Å². The molecule has 0 unspecified atom stereocenters. The molecule has 1 spiro atoms. The van der Waals surface area contributed by atoms with Gasteiger partial charge in [-0.15, -0.1) is 0 Å². The van der Waals surface area contributed by atoms with Gasteiger partial charge in [0.05, 0.1) is 12.2 Å². The molecule has 4 N–H and O–H groups in total. The first kappa shape index (κ1) is 15.5. The van der Waals surface area contributed by atoms with Crippen LogP contribution >= 0.6 is 0 Å². The van der Waals surface area contributed by atoms with Gasteiger partial charge in [0.2, 0.25) is 5.95 Å². The zero-order chi connectivity index (χ0) is 16.0. The molecule has 0 aliphatic carbocycles. The van der Waals surface area contributed by atoms with Gasteiger partial charge in [0.25, 0.3) is 0 Å². The Labute approximate surface area is 130 Å². The quantitative estimate of drug-likeness (QED) is 0.682. The summed E-state index contributed by atoms with van der Waals surface area (Å²) >= 11 is 0. The Balaban J connectivity index is 1.73. The molecule has 2 atom stereocenters. The van der Waals surface area contributed by atoms with Gasteiger partial charge >= 0.3 is 0 Å². The smallest absolute Gasteiger partial charge is 0.227 e. The molecule has 7 heteroatoms. The van der Waals surface area contributed by atoms with Crippen LogP contribution in [0.4, 0.5) is 11.8 Å². The minimum absolute atomic E-state index is 0.456. The predicted octanol–water partition coefficient (Wildman–Crippen LogP) is 0.238. The lowest BCUT2D eigenvalue weighted by Gasteiger charge is -2.51. The minimum atomic E-state index is -1.09. The first-order valence-electron chi connectivity index (χ1n) is 7.73. The van der Waals surface area contributed by atoms with Crippen LogP contribution in [0.5, 0.6) is 0 Å². The lowest BCUT2D eigenvalue weighted by atomic mass is 9.75. The van der Waals surface area contributed by atoms with E-state index in [0.29, 0.717) is 50.7 Å². The highest BCUT2D eigenvalue weighted by atomic mass is 16.5. The largest absolute Gasteiger partial charge is 0.387 e. The number of ether oxygens (including phenoxy) is 1. The van der Waals surface area contributed by atoms with Crippen molar-refractivity contribution in [3.8, 4) is 0 Å². The topological polar surface area (TPSA) is 105 Å². The summed E-state index contributed by atoms with van der Waals surface area (Å²) in [7, 11) is 0. The third kappa shape index (κ3) is 2.53. The number of piperidine rings is 1. The highest BCUT2D eigenvalue weighted by molar-refractivity contribution is 5.43. The van der Waals surface area contributed by atoms with E-state index in [9.17, 15) is 10.2 Å². The van der Waals surface area contributed by atoms with Gasteiger partial charge in [0, 0.05) is 31.3 Å². The van der Waals surface area contributed by atoms with Gasteiger partial charge in [-0.1, -0.05) is 0 Å². The molecule has 0 amide bonds. The molecule has 2 aliphatic rings. The summed E-state index contributed by atoms with van der Waals surface area (Å²) in [6, 6.07) is 0. The Kier molecular flexibility index (Phi) is 3.74. The number of nitrogen functional groups attached to an aromatic ring is 1. The summed E-state index contributed by atoms with van der Waals surface area (Å²) in [6.45, 7) is 5.35. The number of anilines is 2. The molecule has 0 saturated carbocycles. The molecule has 1 aromatic heterocycles. The fraction of sp³-hybridized carbons (Fsp3) is 0.733. The molecule has 1 aromatic rings. The Hall–Kier alpha value is -1.44. The predicted molar refractivity (Wildman–Crippen MR) is 82.6 cm³/mol. The van der Waals surface area contributed by atoms with Crippen LogP contribution in [0.1, 0.15) is 31.7 Å². The maximum Gasteiger partial charge on any atom is 0.227 e. The zero-order valence-electron chi connectivity index (χ0n) is 13.1. The maximum absolute atomic E-state index is 10.5. The van der Waals surface area contributed by atoms with Gasteiger partial charge in [-0.25, -0.2) is 4.98 Å². The molecule has 2 fully saturated rings. The monoisotopic (exact) mass is 308 g/mol. The number of aryl methyl sites for hydroxylation is 1. The second-order valence-electron chi connectivity index (χ2n) is 6.65. The van der Waals surface area contributed by atoms with E-state index < -0.39 is 17.3 Å². The van der Waals surface area contributed by atoms with Crippen molar-refractivity contribution < 1.29 is 14.9 Å². The maximum atomic E-state index is 10.5. The van der Waals surface area contributed by atoms with E-state index in [2.05, 4.69) is 9.97 Å². The van der Waals surface area contributed by atoms with Crippen molar-refractivity contribution in [2.24, 2.45) is 0 Å². The number of nitrogens with two attached hydrogens (primary N) is 1. The summed E-state index contributed by atoms with van der Waals surface area (Å²) in [5, 5.41) is 20.8. The second kappa shape index (κ2) is 5.33. The van der Waals surface area contributed by atoms with Crippen LogP contribution in [0.25, 0.3) is 0 Å². The summed E-state index contributed by atoms with van der Waals surface area (Å²) in [5.41, 5.74) is 4.94. The number of nitrogens with zero attached hydrogens (tertiary/aromatic N) is 3. The Morgan fingerprint density at radius 3 is 2.68 bits per heavy atom. The number of aliphatic hydroxyl groups excluding tert-OH is 1. The average Bonchev–Trinajstić information content (AvgIpc) is 2.49. The van der Waals surface area contributed by atoms with Crippen molar-refractivity contribution in [2.75, 3.05) is 30.3 Å². The number of aliphatic hydroxyl groups is 2. The van der Waals surface area contributed by atoms with Crippen LogP contribution in [0.3, 0.4) is 0 Å². The van der Waals surface area contributed by atoms with Crippen LogP contribution in [0, 0.1) is 6.92 Å². The van der Waals surface area contributed by atoms with Gasteiger partial charge in [0.1, 0.15) is 17.5 Å². The lowest BCUT2D eigenvalue weighted by molar-refractivity contribution is -0.239. The summed E-state index contributed by atoms with van der Waals surface area (Å²) in [5.74, 6) is 1.09. The molecule has 0 aromatic carbocycles. The number of aromatic nitrogens is 2. The fourth-order valence-electron chi connectivity index (χ4n) is 3.34. The van der Waals surface area contributed by atoms with Crippen molar-refractivity contribution in [1.29, 1.82) is 0 Å². The van der Waals surface area contributed by atoms with E-state index in [1.54, 1.807) is 13.1 Å². The molecule has 3 heterocycles. The third-order valence-corrected chi connectivity index (χ3v) is 4.98. The third-order valence-electron chi connectivity index (χ3n) is 4.98. The van der Waals surface area contributed by atoms with Crippen molar-refractivity contribution in [2.45, 2.75) is 50.4 Å². The van der Waals surface area contributed by atoms with Crippen LogP contribution in [0.15, 0.2) is 6.20 Å². The van der Waals surface area contributed by atoms with Crippen molar-refractivity contribution in [3.05, 3.63) is 11.8 Å². The first-order valence-corrected chi connectivity index (χ1v) is 7.73. The molecular weight excluding hydrogens is 284 g/mol. The molecule has 22 heavy (non-hydrogen) atoms. The standard InChI is InChI=1S/C15H24N4O3/c1-10-9-17-13(18-11(10)16)19-6-3-15(4-7-19)12(20)14(2,21)5-8-22-15/h9,12,20-21H,3-8H2,1-2H3,(H2,16,17,18)/t12-,14+/m0/s1. The van der Waals surface area contributed by atoms with Crippen LogP contribution in [-0.2, 0) is 4.74 Å². The molecular formula is C15H24N4O3. The molecule has 2 saturated heterocycles. The Bertz CT molecular complexity index is 556. The van der Waals surface area contributed by atoms with Gasteiger partial charge in [-0.3, -0.25) is 0 Å². The van der Waals surface area contributed by atoms with E-state index in [0.717, 1.165) is 5.56 Å². The molecule has 122 valence electrons. The van der Waals surface area contributed by atoms with Crippen LogP contribution in [-0.4, -0.2) is 57.2 Å². The van der Waals surface area contributed by atoms with Crippen molar-refractivity contribution >= 4 is 11.8 Å². The Morgan fingerprint density at radius 1 is 1.36 bits per heavy atom. The van der Waals surface area contributed by atoms with Gasteiger partial charge in [-0.05, 0) is 26.7 Å². The molecule has 7 nitrogen and oxygen atoms in total. The molecule has 0 bridgehead atoms. The first-order chi connectivity index (χ1) is 10.3. The summed E-state index contributed by atoms with van der Waals surface area (Å²) in [6.07, 6.45) is 2.55. The SMILES string of the molecule is Cc1cnc(N2CCC3(CC2)OCC[C@@](C)(O)[C@@H]3O)nc1N. The van der Waals surface area contributed by atoms with Crippen molar-refractivity contribution in [1.82, 2.24) is 9.97 Å². The normalized spacial score (nSPS) is 31.5. The van der Waals surface area contributed by atoms with Gasteiger partial charge < -0.3 is 25.6 Å². The number of hydrogen-bond acceptors (Lipinski definition) is 7. The van der Waals surface area contributed by atoms with E-state index in [1.165, 1.54) is 0 Å². The van der Waals surface area contributed by atoms with Crippen LogP contribution in [0.2, 0.25) is 0 Å². The van der Waals surface area contributed by atoms with E-state index in [-0.39, 0.29) is 0 Å². The summed E-state index contributed by atoms with van der Waals surface area (Å²) < 4.78 is 5.88. The minimum Gasteiger partial charge on any atom is -0.387 e. The van der Waals surface area contributed by atoms with Gasteiger partial charge in [-0.2, -0.15) is 4.98 Å². The number of hydrogen-bond donors (Lipinski definition) is 3. The average molecular weight is 308 g/mol. The van der Waals surface area contributed by atoms with E-state index >= 15 is 0 Å². The molecule has 0 radical (unpaired) electrons. The molecule has 2 aliphatic heterocycles. The Morgan fingerprint density at radius 2 is 2.05 bits per heavy atom. The molecule has 3 rings (SSSR count). The lowest BCUT2D eigenvalue weighted by Crippen LogP contribution is -2.64. The fourth-order valence-corrected chi connectivity index (χ4v) is 3.34.